The van der Waals surface area contributed by atoms with E-state index in [2.05, 4.69) is 46.5 Å². The van der Waals surface area contributed by atoms with E-state index in [4.69, 9.17) is 20.4 Å². The van der Waals surface area contributed by atoms with Crippen LogP contribution in [0, 0.1) is 3.70 Å². The molecule has 2 aromatic rings. The van der Waals surface area contributed by atoms with Gasteiger partial charge in [-0.2, -0.15) is 0 Å². The van der Waals surface area contributed by atoms with E-state index in [1.807, 2.05) is 12.1 Å². The van der Waals surface area contributed by atoms with Crippen molar-refractivity contribution in [1.82, 2.24) is 14.9 Å². The topological polar surface area (TPSA) is 109 Å². The number of nitrogens with zero attached hydrogens (tertiary/aromatic N) is 4. The van der Waals surface area contributed by atoms with Gasteiger partial charge in [0.25, 0.3) is 0 Å². The first kappa shape index (κ1) is 24.9. The minimum absolute atomic E-state index is 0.200. The Balaban J connectivity index is 1.56. The summed E-state index contributed by atoms with van der Waals surface area (Å²) in [5.41, 5.74) is 7.96. The molecule has 0 atom stereocenters. The zero-order chi connectivity index (χ0) is 23.9. The number of piperazine rings is 1. The van der Waals surface area contributed by atoms with Gasteiger partial charge in [-0.3, -0.25) is 0 Å². The molecule has 1 aromatic heterocycles. The summed E-state index contributed by atoms with van der Waals surface area (Å²) in [5.74, 6) is 0.608. The molecule has 0 saturated carbocycles. The second-order valence-electron chi connectivity index (χ2n) is 8.74. The number of benzene rings is 1. The van der Waals surface area contributed by atoms with E-state index in [-0.39, 0.29) is 26.9 Å². The first-order valence-corrected chi connectivity index (χ1v) is 14.6. The van der Waals surface area contributed by atoms with Crippen LogP contribution in [-0.2, 0) is 4.74 Å². The summed E-state index contributed by atoms with van der Waals surface area (Å²) in [6, 6.07) is 8.54. The van der Waals surface area contributed by atoms with Gasteiger partial charge < -0.3 is 4.90 Å². The van der Waals surface area contributed by atoms with Crippen molar-refractivity contribution in [2.24, 2.45) is 5.73 Å². The molecule has 1 aromatic carbocycles. The molecule has 0 bridgehead atoms. The molecule has 0 aliphatic carbocycles. The number of halogens is 1. The predicted molar refractivity (Wildman–Crippen MR) is 131 cm³/mol. The average molecular weight is 580 g/mol. The van der Waals surface area contributed by atoms with Crippen molar-refractivity contribution in [3.05, 3.63) is 33.7 Å². The Morgan fingerprint density at radius 1 is 1.12 bits per heavy atom. The number of alkyl halides is 1. The van der Waals surface area contributed by atoms with E-state index in [0.29, 0.717) is 11.9 Å². The summed E-state index contributed by atoms with van der Waals surface area (Å²) in [7, 11) is 2.16. The molecule has 34 heavy (non-hydrogen) atoms. The maximum atomic E-state index is 12.3. The van der Waals surface area contributed by atoms with Crippen molar-refractivity contribution in [3.63, 3.8) is 0 Å². The van der Waals surface area contributed by atoms with Crippen LogP contribution in [0.4, 0.5) is 23.0 Å². The van der Waals surface area contributed by atoms with Crippen LogP contribution in [-0.4, -0.2) is 77.7 Å². The van der Waals surface area contributed by atoms with E-state index in [9.17, 15) is 4.79 Å². The molecule has 1 amide bonds. The molecule has 2 fully saturated rings. The van der Waals surface area contributed by atoms with E-state index in [0.717, 1.165) is 78.3 Å². The molecule has 0 unspecified atom stereocenters. The number of carbonyl (C=O) groups excluding carboxylic acids is 1. The molecule has 4 N–H and O–H groups in total. The van der Waals surface area contributed by atoms with Crippen molar-refractivity contribution >= 4 is 28.9 Å². The standard InChI is InChI=1S/C24H35IN7O2/c1-3-10-25-21-24(28-18-8-15-34-16-9-18)30-23(20(29-21)22(26)33)27-17-4-6-19(7-5-17)32-13-11-31(2)12-14-32/h4-7,18H,3,8-16H2,1-2H3,(H2,26,33)(H2,27,28,30)/q-1. The molecule has 4 rings (SSSR count). The Labute approximate surface area is 212 Å². The molecule has 0 radical (unpaired) electrons. The Morgan fingerprint density at radius 2 is 1.82 bits per heavy atom. The van der Waals surface area contributed by atoms with Gasteiger partial charge in [0.15, 0.2) is 0 Å². The van der Waals surface area contributed by atoms with E-state index in [1.165, 1.54) is 5.69 Å². The van der Waals surface area contributed by atoms with Crippen LogP contribution in [0.5, 0.6) is 0 Å². The SMILES string of the molecule is CCC[I-]c1nc(C(N)=O)c(Nc2ccc(N3CCN(C)CC3)cc2)nc1NC1CCOCC1. The molecule has 2 aliphatic heterocycles. The van der Waals surface area contributed by atoms with Gasteiger partial charge in [0, 0.05) is 0 Å². The number of hydrogen-bond donors (Lipinski definition) is 3. The molecular formula is C24H35IN7O2-. The van der Waals surface area contributed by atoms with Crippen molar-refractivity contribution < 1.29 is 30.7 Å². The summed E-state index contributed by atoms with van der Waals surface area (Å²) < 4.78 is 7.47. The molecular weight excluding hydrogens is 545 g/mol. The number of aromatic nitrogens is 2. The number of carbonyl (C=O) groups is 1. The van der Waals surface area contributed by atoms with Gasteiger partial charge in [0.05, 0.1) is 0 Å². The predicted octanol–water partition coefficient (Wildman–Crippen LogP) is -0.670. The third kappa shape index (κ3) is 6.48. The number of nitrogens with one attached hydrogen (secondary N) is 2. The molecule has 2 saturated heterocycles. The zero-order valence-corrected chi connectivity index (χ0v) is 22.2. The molecule has 0 spiro atoms. The third-order valence-electron chi connectivity index (χ3n) is 6.06. The Hall–Kier alpha value is -2.18. The summed E-state index contributed by atoms with van der Waals surface area (Å²) in [6.45, 7) is 7.81. The fourth-order valence-corrected chi connectivity index (χ4v) is 6.13. The van der Waals surface area contributed by atoms with E-state index >= 15 is 0 Å². The number of anilines is 4. The molecule has 9 nitrogen and oxygen atoms in total. The second-order valence-corrected chi connectivity index (χ2v) is 11.6. The van der Waals surface area contributed by atoms with Crippen LogP contribution in [0.1, 0.15) is 36.7 Å². The normalized spacial score (nSPS) is 17.6. The van der Waals surface area contributed by atoms with E-state index in [1.54, 1.807) is 0 Å². The van der Waals surface area contributed by atoms with Crippen molar-refractivity contribution in [3.8, 4) is 0 Å². The van der Waals surface area contributed by atoms with Gasteiger partial charge in [-0.05, 0) is 7.05 Å². The van der Waals surface area contributed by atoms with Crippen LogP contribution in [0.3, 0.4) is 0 Å². The Bertz CT molecular complexity index is 959. The number of amides is 1. The van der Waals surface area contributed by atoms with Crippen molar-refractivity contribution in [2.75, 3.05) is 66.4 Å². The number of nitrogens with two attached hydrogens (primary N) is 1. The van der Waals surface area contributed by atoms with Crippen LogP contribution in [0.15, 0.2) is 24.3 Å². The Kier molecular flexibility index (Phi) is 8.79. The van der Waals surface area contributed by atoms with Crippen molar-refractivity contribution in [1.29, 1.82) is 0 Å². The third-order valence-corrected chi connectivity index (χ3v) is 9.15. The maximum absolute atomic E-state index is 12.3. The van der Waals surface area contributed by atoms with Crippen LogP contribution >= 0.6 is 0 Å². The zero-order valence-electron chi connectivity index (χ0n) is 20.0. The average Bonchev–Trinajstić information content (AvgIpc) is 2.85. The summed E-state index contributed by atoms with van der Waals surface area (Å²) in [4.78, 5) is 26.6. The monoisotopic (exact) mass is 580 g/mol. The van der Waals surface area contributed by atoms with Crippen LogP contribution < -0.4 is 42.5 Å². The second kappa shape index (κ2) is 12.0. The van der Waals surface area contributed by atoms with Gasteiger partial charge in [-0.1, -0.05) is 0 Å². The fraction of sp³-hybridized carbons (Fsp3) is 0.542. The number of ether oxygens (including phenoxy) is 1. The van der Waals surface area contributed by atoms with Crippen LogP contribution in [0.25, 0.3) is 0 Å². The fourth-order valence-electron chi connectivity index (χ4n) is 4.04. The van der Waals surface area contributed by atoms with Gasteiger partial charge in [-0.25, -0.2) is 0 Å². The van der Waals surface area contributed by atoms with Gasteiger partial charge >= 0.3 is 201 Å². The summed E-state index contributed by atoms with van der Waals surface area (Å²) in [6.07, 6.45) is 2.94. The number of hydrogen-bond acceptors (Lipinski definition) is 8. The molecule has 10 heteroatoms. The van der Waals surface area contributed by atoms with Gasteiger partial charge in [0.2, 0.25) is 0 Å². The van der Waals surface area contributed by atoms with Crippen LogP contribution in [0.2, 0.25) is 0 Å². The number of likely N-dealkylation sites (N-methyl/N-ethyl adjacent to an activating group) is 1. The minimum atomic E-state index is -0.566. The quantitative estimate of drug-likeness (QED) is 0.265. The number of primary amides is 1. The summed E-state index contributed by atoms with van der Waals surface area (Å²) >= 11 is -0.367. The van der Waals surface area contributed by atoms with Gasteiger partial charge in [-0.15, -0.1) is 0 Å². The Morgan fingerprint density at radius 3 is 2.47 bits per heavy atom. The molecule has 186 valence electrons. The summed E-state index contributed by atoms with van der Waals surface area (Å²) in [5, 5.41) is 6.88. The van der Waals surface area contributed by atoms with Crippen molar-refractivity contribution in [2.45, 2.75) is 32.2 Å². The first-order chi connectivity index (χ1) is 16.5. The van der Waals surface area contributed by atoms with E-state index < -0.39 is 5.91 Å². The number of rotatable bonds is 9. The molecule has 2 aliphatic rings. The molecule has 3 heterocycles. The van der Waals surface area contributed by atoms with Gasteiger partial charge in [0.1, 0.15) is 0 Å². The first-order valence-electron chi connectivity index (χ1n) is 12.0.